The molecule has 0 atom stereocenters. The van der Waals surface area contributed by atoms with Crippen molar-refractivity contribution in [1.82, 2.24) is 5.43 Å². The van der Waals surface area contributed by atoms with Gasteiger partial charge in [-0.3, -0.25) is 9.59 Å². The first-order chi connectivity index (χ1) is 11.7. The Bertz CT molecular complexity index is 825. The van der Waals surface area contributed by atoms with Gasteiger partial charge in [0.2, 0.25) is 0 Å². The van der Waals surface area contributed by atoms with Gasteiger partial charge in [0.1, 0.15) is 5.76 Å². The summed E-state index contributed by atoms with van der Waals surface area (Å²) in [7, 11) is 0. The van der Waals surface area contributed by atoms with Crippen molar-refractivity contribution in [2.75, 3.05) is 5.32 Å². The number of aryl methyl sites for hydroxylation is 1. The van der Waals surface area contributed by atoms with Crippen LogP contribution in [0.15, 0.2) is 45.9 Å². The van der Waals surface area contributed by atoms with Gasteiger partial charge in [-0.05, 0) is 43.7 Å². The molecule has 2 amide bonds. The average Bonchev–Trinajstić information content (AvgIpc) is 2.98. The van der Waals surface area contributed by atoms with Gasteiger partial charge in [0.05, 0.1) is 5.71 Å². The fourth-order valence-electron chi connectivity index (χ4n) is 1.83. The second-order valence-electron chi connectivity index (χ2n) is 5.08. The Labute approximate surface area is 140 Å². The van der Waals surface area contributed by atoms with Crippen LogP contribution >= 0.6 is 0 Å². The third-order valence-electron chi connectivity index (χ3n) is 3.08. The summed E-state index contributed by atoms with van der Waals surface area (Å²) in [6.07, 6.45) is -4.98. The monoisotopic (exact) mass is 353 g/mol. The third kappa shape index (κ3) is 4.93. The number of carbonyl (C=O) groups is 2. The molecule has 0 radical (unpaired) electrons. The molecular weight excluding hydrogens is 339 g/mol. The SMILES string of the molecule is C/C(=N\NC(=O)c1ccc(C)o1)c1cccc(NC(=O)C(F)(F)F)c1. The van der Waals surface area contributed by atoms with Crippen LogP contribution in [0.5, 0.6) is 0 Å². The van der Waals surface area contributed by atoms with Gasteiger partial charge in [-0.1, -0.05) is 12.1 Å². The molecule has 0 fully saturated rings. The van der Waals surface area contributed by atoms with Crippen LogP contribution in [-0.2, 0) is 4.79 Å². The van der Waals surface area contributed by atoms with Gasteiger partial charge in [0.25, 0.3) is 0 Å². The Kier molecular flexibility index (Phi) is 5.26. The van der Waals surface area contributed by atoms with Crippen molar-refractivity contribution in [1.29, 1.82) is 0 Å². The number of hydrogen-bond acceptors (Lipinski definition) is 4. The lowest BCUT2D eigenvalue weighted by Gasteiger charge is -2.09. The molecule has 9 heteroatoms. The number of carbonyl (C=O) groups excluding carboxylic acids is 2. The zero-order chi connectivity index (χ0) is 18.6. The molecule has 0 saturated heterocycles. The number of nitrogens with zero attached hydrogens (tertiary/aromatic N) is 1. The van der Waals surface area contributed by atoms with Crippen molar-refractivity contribution in [3.63, 3.8) is 0 Å². The zero-order valence-electron chi connectivity index (χ0n) is 13.3. The van der Waals surface area contributed by atoms with E-state index in [0.717, 1.165) is 0 Å². The molecule has 25 heavy (non-hydrogen) atoms. The maximum Gasteiger partial charge on any atom is 0.471 e. The van der Waals surface area contributed by atoms with Crippen molar-refractivity contribution >= 4 is 23.2 Å². The molecule has 0 unspecified atom stereocenters. The minimum absolute atomic E-state index is 0.0395. The number of hydrazone groups is 1. The third-order valence-corrected chi connectivity index (χ3v) is 3.08. The lowest BCUT2D eigenvalue weighted by atomic mass is 10.1. The first kappa shape index (κ1) is 18.2. The maximum absolute atomic E-state index is 12.3. The topological polar surface area (TPSA) is 83.7 Å². The smallest absolute Gasteiger partial charge is 0.456 e. The fraction of sp³-hybridized carbons (Fsp3) is 0.188. The van der Waals surface area contributed by atoms with Gasteiger partial charge >= 0.3 is 18.0 Å². The van der Waals surface area contributed by atoms with E-state index in [9.17, 15) is 22.8 Å². The van der Waals surface area contributed by atoms with Crippen LogP contribution < -0.4 is 10.7 Å². The van der Waals surface area contributed by atoms with E-state index >= 15 is 0 Å². The first-order valence-corrected chi connectivity index (χ1v) is 7.06. The van der Waals surface area contributed by atoms with Gasteiger partial charge in [-0.15, -0.1) is 0 Å². The summed E-state index contributed by atoms with van der Waals surface area (Å²) in [6, 6.07) is 8.76. The molecule has 2 aromatic rings. The number of alkyl halides is 3. The molecule has 2 N–H and O–H groups in total. The average molecular weight is 353 g/mol. The highest BCUT2D eigenvalue weighted by molar-refractivity contribution is 6.02. The Morgan fingerprint density at radius 2 is 1.88 bits per heavy atom. The number of anilines is 1. The van der Waals surface area contributed by atoms with Crippen molar-refractivity contribution in [3.8, 4) is 0 Å². The molecule has 0 aliphatic heterocycles. The zero-order valence-corrected chi connectivity index (χ0v) is 13.3. The molecule has 6 nitrogen and oxygen atoms in total. The summed E-state index contributed by atoms with van der Waals surface area (Å²) in [5, 5.41) is 5.62. The molecule has 0 bridgehead atoms. The Hall–Kier alpha value is -3.10. The minimum atomic E-state index is -4.98. The normalized spacial score (nSPS) is 12.0. The highest BCUT2D eigenvalue weighted by Gasteiger charge is 2.38. The van der Waals surface area contributed by atoms with Crippen molar-refractivity contribution < 1.29 is 27.2 Å². The molecule has 132 valence electrons. The van der Waals surface area contributed by atoms with Gasteiger partial charge in [-0.2, -0.15) is 18.3 Å². The summed E-state index contributed by atoms with van der Waals surface area (Å²) in [5.74, 6) is -1.98. The number of benzene rings is 1. The summed E-state index contributed by atoms with van der Waals surface area (Å²) >= 11 is 0. The number of rotatable bonds is 4. The van der Waals surface area contributed by atoms with E-state index in [1.807, 2.05) is 0 Å². The molecular formula is C16H14F3N3O3. The van der Waals surface area contributed by atoms with Gasteiger partial charge in [-0.25, -0.2) is 5.43 Å². The largest absolute Gasteiger partial charge is 0.471 e. The van der Waals surface area contributed by atoms with Crippen molar-refractivity contribution in [2.45, 2.75) is 20.0 Å². The molecule has 2 rings (SSSR count). The summed E-state index contributed by atoms with van der Waals surface area (Å²) in [6.45, 7) is 3.24. The van der Waals surface area contributed by atoms with Crippen LogP contribution in [0.1, 0.15) is 28.8 Å². The van der Waals surface area contributed by atoms with Crippen LogP contribution in [-0.4, -0.2) is 23.7 Å². The van der Waals surface area contributed by atoms with E-state index in [2.05, 4.69) is 10.5 Å². The second kappa shape index (κ2) is 7.20. The van der Waals surface area contributed by atoms with Gasteiger partial charge < -0.3 is 9.73 Å². The van der Waals surface area contributed by atoms with Gasteiger partial charge in [0.15, 0.2) is 5.76 Å². The quantitative estimate of drug-likeness (QED) is 0.654. The highest BCUT2D eigenvalue weighted by atomic mass is 19.4. The van der Waals surface area contributed by atoms with E-state index in [0.29, 0.717) is 17.0 Å². The molecule has 0 saturated carbocycles. The lowest BCUT2D eigenvalue weighted by Crippen LogP contribution is -2.29. The predicted octanol–water partition coefficient (Wildman–Crippen LogP) is 3.24. The summed E-state index contributed by atoms with van der Waals surface area (Å²) < 4.78 is 42.0. The lowest BCUT2D eigenvalue weighted by molar-refractivity contribution is -0.167. The summed E-state index contributed by atoms with van der Waals surface area (Å²) in [4.78, 5) is 22.8. The van der Waals surface area contributed by atoms with E-state index in [4.69, 9.17) is 4.42 Å². The van der Waals surface area contributed by atoms with Crippen LogP contribution in [0.25, 0.3) is 0 Å². The standard InChI is InChI=1S/C16H14F3N3O3/c1-9-6-7-13(25-9)14(23)22-21-10(2)11-4-3-5-12(8-11)20-15(24)16(17,18)19/h3-8H,1-2H3,(H,20,24)(H,22,23)/b21-10+. The summed E-state index contributed by atoms with van der Waals surface area (Å²) in [5.41, 5.74) is 3.00. The Morgan fingerprint density at radius 1 is 1.16 bits per heavy atom. The van der Waals surface area contributed by atoms with Gasteiger partial charge in [0, 0.05) is 5.69 Å². The van der Waals surface area contributed by atoms with E-state index in [1.54, 1.807) is 31.3 Å². The minimum Gasteiger partial charge on any atom is -0.456 e. The molecule has 1 heterocycles. The van der Waals surface area contributed by atoms with Crippen LogP contribution in [0.4, 0.5) is 18.9 Å². The second-order valence-corrected chi connectivity index (χ2v) is 5.08. The number of amides is 2. The predicted molar refractivity (Wildman–Crippen MR) is 84.2 cm³/mol. The fourth-order valence-corrected chi connectivity index (χ4v) is 1.83. The molecule has 0 aliphatic carbocycles. The van der Waals surface area contributed by atoms with E-state index < -0.39 is 18.0 Å². The van der Waals surface area contributed by atoms with Crippen molar-refractivity contribution in [3.05, 3.63) is 53.5 Å². The van der Waals surface area contributed by atoms with Crippen LogP contribution in [0.2, 0.25) is 0 Å². The molecule has 0 aliphatic rings. The first-order valence-electron chi connectivity index (χ1n) is 7.06. The highest BCUT2D eigenvalue weighted by Crippen LogP contribution is 2.19. The number of furan rings is 1. The van der Waals surface area contributed by atoms with Crippen LogP contribution in [0, 0.1) is 6.92 Å². The van der Waals surface area contributed by atoms with Crippen LogP contribution in [0.3, 0.4) is 0 Å². The van der Waals surface area contributed by atoms with E-state index in [1.165, 1.54) is 24.3 Å². The Balaban J connectivity index is 2.08. The molecule has 1 aromatic carbocycles. The Morgan fingerprint density at radius 3 is 2.48 bits per heavy atom. The van der Waals surface area contributed by atoms with Crippen molar-refractivity contribution in [2.24, 2.45) is 5.10 Å². The van der Waals surface area contributed by atoms with E-state index in [-0.39, 0.29) is 11.4 Å². The number of halogens is 3. The maximum atomic E-state index is 12.3. The number of hydrogen-bond donors (Lipinski definition) is 2. The molecule has 0 spiro atoms. The number of nitrogens with one attached hydrogen (secondary N) is 2. The molecule has 1 aromatic heterocycles.